The number of aromatic nitrogens is 4. The largest absolute Gasteiger partial charge is 0.385 e. The maximum atomic E-state index is 13.7. The van der Waals surface area contributed by atoms with Gasteiger partial charge in [-0.3, -0.25) is 33.7 Å². The Morgan fingerprint density at radius 2 is 1.80 bits per heavy atom. The van der Waals surface area contributed by atoms with E-state index in [4.69, 9.17) is 10.7 Å². The maximum absolute atomic E-state index is 13.7. The molecule has 5 aromatic rings. The highest BCUT2D eigenvalue weighted by atomic mass is 16.2. The minimum Gasteiger partial charge on any atom is -0.385 e. The number of piperidine rings is 1. The van der Waals surface area contributed by atoms with Gasteiger partial charge in [-0.25, -0.2) is 15.0 Å². The summed E-state index contributed by atoms with van der Waals surface area (Å²) >= 11 is 0. The third-order valence-electron chi connectivity index (χ3n) is 10.3. The zero-order valence-corrected chi connectivity index (χ0v) is 29.3. The fourth-order valence-corrected chi connectivity index (χ4v) is 7.62. The molecule has 0 bridgehead atoms. The fourth-order valence-electron chi connectivity index (χ4n) is 7.62. The van der Waals surface area contributed by atoms with Crippen LogP contribution in [0.25, 0.3) is 16.8 Å². The summed E-state index contributed by atoms with van der Waals surface area (Å²) in [4.78, 5) is 80.9. The highest BCUT2D eigenvalue weighted by Gasteiger charge is 2.40. The van der Waals surface area contributed by atoms with E-state index in [0.717, 1.165) is 29.7 Å². The molecular weight excluding hydrogens is 688 g/mol. The zero-order chi connectivity index (χ0) is 37.3. The van der Waals surface area contributed by atoms with E-state index in [1.54, 1.807) is 54.9 Å². The Bertz CT molecular complexity index is 2290. The number of benzene rings is 2. The van der Waals surface area contributed by atoms with E-state index in [2.05, 4.69) is 25.9 Å². The molecule has 2 aromatic carbocycles. The van der Waals surface area contributed by atoms with Gasteiger partial charge in [-0.1, -0.05) is 24.3 Å². The average Bonchev–Trinajstić information content (AvgIpc) is 3.91. The number of carbonyl (C=O) groups excluding carboxylic acids is 5. The summed E-state index contributed by atoms with van der Waals surface area (Å²) in [6, 6.07) is 16.9. The Labute approximate surface area is 310 Å². The maximum Gasteiger partial charge on any atom is 0.256 e. The van der Waals surface area contributed by atoms with Gasteiger partial charge in [0.1, 0.15) is 34.7 Å². The number of hydrogen-bond donors (Lipinski definition) is 4. The molecule has 5 N–H and O–H groups in total. The van der Waals surface area contributed by atoms with Crippen molar-refractivity contribution in [3.63, 3.8) is 0 Å². The van der Waals surface area contributed by atoms with Crippen molar-refractivity contribution in [1.29, 1.82) is 0 Å². The number of imidazole rings is 1. The van der Waals surface area contributed by atoms with Gasteiger partial charge in [0.05, 0.1) is 6.04 Å². The van der Waals surface area contributed by atoms with Gasteiger partial charge in [0.25, 0.3) is 11.8 Å². The minimum atomic E-state index is -0.686. The summed E-state index contributed by atoms with van der Waals surface area (Å²) in [6.07, 6.45) is 7.96. The SMILES string of the molecule is Nc1nccn2c([C@@H]3CCCN3C(=O)CCCNc3cccc4c3CN(C3CCC(=O)NC3=O)C4=O)nc(-c3ccc(C(=O)Nc4ccccn4)cc3)c12. The van der Waals surface area contributed by atoms with Gasteiger partial charge in [0.15, 0.2) is 0 Å². The molecular formula is C39H38N10O5. The second kappa shape index (κ2) is 14.4. The lowest BCUT2D eigenvalue weighted by Gasteiger charge is -2.29. The number of nitrogens with zero attached hydrogens (tertiary/aromatic N) is 6. The molecule has 0 spiro atoms. The van der Waals surface area contributed by atoms with Crippen molar-refractivity contribution >= 4 is 52.4 Å². The van der Waals surface area contributed by atoms with Gasteiger partial charge in [-0.2, -0.15) is 0 Å². The van der Waals surface area contributed by atoms with Crippen LogP contribution in [0.3, 0.4) is 0 Å². The van der Waals surface area contributed by atoms with Crippen molar-refractivity contribution in [3.05, 3.63) is 102 Å². The smallest absolute Gasteiger partial charge is 0.256 e. The van der Waals surface area contributed by atoms with Crippen LogP contribution in [-0.4, -0.2) is 77.8 Å². The van der Waals surface area contributed by atoms with Crippen molar-refractivity contribution in [2.24, 2.45) is 0 Å². The number of carbonyl (C=O) groups is 5. The Hall–Kier alpha value is -6.64. The molecule has 0 aliphatic carbocycles. The van der Waals surface area contributed by atoms with Crippen molar-refractivity contribution in [2.45, 2.75) is 57.2 Å². The lowest BCUT2D eigenvalue weighted by Crippen LogP contribution is -2.52. The lowest BCUT2D eigenvalue weighted by atomic mass is 10.0. The highest BCUT2D eigenvalue weighted by Crippen LogP contribution is 2.37. The molecule has 2 fully saturated rings. The fraction of sp³-hybridized carbons (Fsp3) is 0.282. The Kier molecular flexibility index (Phi) is 9.19. The quantitative estimate of drug-likeness (QED) is 0.121. The second-order valence-corrected chi connectivity index (χ2v) is 13.6. The van der Waals surface area contributed by atoms with Gasteiger partial charge in [0, 0.05) is 79.0 Å². The molecule has 2 saturated heterocycles. The summed E-state index contributed by atoms with van der Waals surface area (Å²) in [5, 5.41) is 8.53. The van der Waals surface area contributed by atoms with Gasteiger partial charge < -0.3 is 26.2 Å². The van der Waals surface area contributed by atoms with E-state index < -0.39 is 11.9 Å². The number of nitrogens with two attached hydrogens (primary N) is 1. The summed E-state index contributed by atoms with van der Waals surface area (Å²) in [7, 11) is 0. The predicted molar refractivity (Wildman–Crippen MR) is 199 cm³/mol. The molecule has 2 atom stereocenters. The van der Waals surface area contributed by atoms with Gasteiger partial charge in [-0.15, -0.1) is 0 Å². The molecule has 0 radical (unpaired) electrons. The van der Waals surface area contributed by atoms with Crippen LogP contribution in [0.15, 0.2) is 79.3 Å². The Morgan fingerprint density at radius 3 is 2.59 bits per heavy atom. The molecule has 15 heteroatoms. The molecule has 3 aliphatic heterocycles. The average molecular weight is 727 g/mol. The van der Waals surface area contributed by atoms with E-state index in [1.165, 1.54) is 4.90 Å². The van der Waals surface area contributed by atoms with Crippen molar-refractivity contribution < 1.29 is 24.0 Å². The summed E-state index contributed by atoms with van der Waals surface area (Å²) in [5.41, 5.74) is 11.0. The highest BCUT2D eigenvalue weighted by molar-refractivity contribution is 6.06. The van der Waals surface area contributed by atoms with Crippen molar-refractivity contribution in [2.75, 3.05) is 29.5 Å². The number of amides is 5. The van der Waals surface area contributed by atoms with Crippen LogP contribution in [0.1, 0.15) is 76.7 Å². The summed E-state index contributed by atoms with van der Waals surface area (Å²) in [6.45, 7) is 1.37. The number of imide groups is 1. The van der Waals surface area contributed by atoms with Gasteiger partial charge in [0.2, 0.25) is 17.7 Å². The molecule has 54 heavy (non-hydrogen) atoms. The molecule has 3 aromatic heterocycles. The normalized spacial score (nSPS) is 18.2. The van der Waals surface area contributed by atoms with Crippen LogP contribution in [0, 0.1) is 0 Å². The molecule has 15 nitrogen and oxygen atoms in total. The third-order valence-corrected chi connectivity index (χ3v) is 10.3. The van der Waals surface area contributed by atoms with Crippen LogP contribution in [0.5, 0.6) is 0 Å². The van der Waals surface area contributed by atoms with E-state index in [9.17, 15) is 24.0 Å². The Balaban J connectivity index is 0.933. The van der Waals surface area contributed by atoms with Gasteiger partial charge >= 0.3 is 0 Å². The van der Waals surface area contributed by atoms with E-state index in [1.807, 2.05) is 33.7 Å². The molecule has 8 rings (SSSR count). The number of nitrogen functional groups attached to an aromatic ring is 1. The van der Waals surface area contributed by atoms with Crippen molar-refractivity contribution in [1.82, 2.24) is 34.5 Å². The standard InChI is InChI=1S/C39H38N10O5/c40-35-34-33(23-11-13-24(14-12-23)37(52)44-30-9-1-2-17-42-30)46-36(48(34)21-19-43-35)28-8-5-20-47(28)32(51)10-4-18-41-27-7-3-6-25-26(27)22-49(39(25)54)29-15-16-31(50)45-38(29)53/h1-3,6-7,9,11-14,17,19,21,28-29,41H,4-5,8,10,15-16,18,20,22H2,(H2,40,43)(H,42,44,52)(H,45,50,53)/t28-,29?/m0/s1. The van der Waals surface area contributed by atoms with Crippen LogP contribution >= 0.6 is 0 Å². The number of nitrogens with one attached hydrogen (secondary N) is 3. The third kappa shape index (κ3) is 6.48. The number of pyridine rings is 1. The van der Waals surface area contributed by atoms with E-state index >= 15 is 0 Å². The lowest BCUT2D eigenvalue weighted by molar-refractivity contribution is -0.137. The molecule has 5 amide bonds. The molecule has 0 saturated carbocycles. The number of likely N-dealkylation sites (tertiary alicyclic amines) is 1. The number of hydrogen-bond acceptors (Lipinski definition) is 10. The van der Waals surface area contributed by atoms with Crippen molar-refractivity contribution in [3.8, 4) is 11.3 Å². The number of anilines is 3. The topological polar surface area (TPSA) is 197 Å². The molecule has 274 valence electrons. The van der Waals surface area contributed by atoms with E-state index in [0.29, 0.717) is 72.1 Å². The monoisotopic (exact) mass is 726 g/mol. The zero-order valence-electron chi connectivity index (χ0n) is 29.3. The van der Waals surface area contributed by atoms with Crippen LogP contribution < -0.4 is 21.7 Å². The molecule has 3 aliphatic rings. The number of fused-ring (bicyclic) bond motifs is 2. The first kappa shape index (κ1) is 34.4. The minimum absolute atomic E-state index is 0.0143. The summed E-state index contributed by atoms with van der Waals surface area (Å²) < 4.78 is 1.91. The summed E-state index contributed by atoms with van der Waals surface area (Å²) in [5.74, 6) is 0.185. The Morgan fingerprint density at radius 1 is 0.944 bits per heavy atom. The molecule has 6 heterocycles. The first-order chi connectivity index (χ1) is 26.3. The predicted octanol–water partition coefficient (Wildman–Crippen LogP) is 3.94. The van der Waals surface area contributed by atoms with Gasteiger partial charge in [-0.05, 0) is 62.1 Å². The first-order valence-electron chi connectivity index (χ1n) is 18.0. The first-order valence-corrected chi connectivity index (χ1v) is 18.0. The van der Waals surface area contributed by atoms with E-state index in [-0.39, 0.29) is 42.6 Å². The number of rotatable bonds is 10. The molecule has 1 unspecified atom stereocenters. The van der Waals surface area contributed by atoms with Crippen LogP contribution in [0.4, 0.5) is 17.3 Å². The van der Waals surface area contributed by atoms with Crippen LogP contribution in [-0.2, 0) is 20.9 Å². The second-order valence-electron chi connectivity index (χ2n) is 13.6. The van der Waals surface area contributed by atoms with Crippen LogP contribution in [0.2, 0.25) is 0 Å².